The number of nitrogens with one attached hydrogen (secondary N) is 1. The van der Waals surface area contributed by atoms with Crippen molar-refractivity contribution >= 4 is 17.7 Å². The van der Waals surface area contributed by atoms with Gasteiger partial charge in [-0.3, -0.25) is 4.79 Å². The highest BCUT2D eigenvalue weighted by molar-refractivity contribution is 7.99. The molecular formula is C16H18F2N4OS. The van der Waals surface area contributed by atoms with Crippen molar-refractivity contribution in [3.63, 3.8) is 0 Å². The van der Waals surface area contributed by atoms with Crippen LogP contribution in [0.3, 0.4) is 0 Å². The summed E-state index contributed by atoms with van der Waals surface area (Å²) in [6, 6.07) is 2.79. The molecule has 0 bridgehead atoms. The van der Waals surface area contributed by atoms with E-state index < -0.39 is 17.7 Å². The molecule has 8 heteroatoms. The standard InChI is InChI=1S/C16H18F2N4OS/c1-9(12-6-5-11(17)7-13(12)18)19-14(23)8-24-16-21-20-15(22(16)2)10-3-4-10/h5-7,9-10H,3-4,8H2,1-2H3,(H,19,23)/t9-/m1/s1. The molecule has 1 amide bonds. The number of carbonyl (C=O) groups excluding carboxylic acids is 1. The molecule has 1 atom stereocenters. The summed E-state index contributed by atoms with van der Waals surface area (Å²) in [7, 11) is 1.89. The van der Waals surface area contributed by atoms with Crippen LogP contribution in [-0.4, -0.2) is 26.4 Å². The molecule has 1 aliphatic rings. The van der Waals surface area contributed by atoms with Crippen molar-refractivity contribution in [2.45, 2.75) is 36.9 Å². The van der Waals surface area contributed by atoms with E-state index in [1.54, 1.807) is 6.92 Å². The van der Waals surface area contributed by atoms with Gasteiger partial charge in [-0.15, -0.1) is 10.2 Å². The van der Waals surface area contributed by atoms with Crippen LogP contribution in [0.25, 0.3) is 0 Å². The lowest BCUT2D eigenvalue weighted by Gasteiger charge is -2.15. The van der Waals surface area contributed by atoms with Gasteiger partial charge in [0.25, 0.3) is 0 Å². The van der Waals surface area contributed by atoms with E-state index in [2.05, 4.69) is 15.5 Å². The third kappa shape index (κ3) is 3.75. The van der Waals surface area contributed by atoms with Crippen LogP contribution in [0.4, 0.5) is 8.78 Å². The molecule has 1 aromatic heterocycles. The van der Waals surface area contributed by atoms with Gasteiger partial charge in [0.15, 0.2) is 5.16 Å². The lowest BCUT2D eigenvalue weighted by molar-refractivity contribution is -0.119. The molecule has 1 aromatic carbocycles. The van der Waals surface area contributed by atoms with Gasteiger partial charge in [0.1, 0.15) is 17.5 Å². The number of thioether (sulfide) groups is 1. The molecule has 0 saturated heterocycles. The molecule has 0 aliphatic heterocycles. The van der Waals surface area contributed by atoms with E-state index in [0.717, 1.165) is 24.7 Å². The highest BCUT2D eigenvalue weighted by Crippen LogP contribution is 2.39. The summed E-state index contributed by atoms with van der Waals surface area (Å²) in [5.41, 5.74) is 0.254. The third-order valence-electron chi connectivity index (χ3n) is 3.95. The summed E-state index contributed by atoms with van der Waals surface area (Å²) in [4.78, 5) is 12.1. The topological polar surface area (TPSA) is 59.8 Å². The average molecular weight is 352 g/mol. The predicted molar refractivity (Wildman–Crippen MR) is 86.6 cm³/mol. The average Bonchev–Trinajstić information content (AvgIpc) is 3.29. The Bertz CT molecular complexity index is 761. The molecule has 24 heavy (non-hydrogen) atoms. The molecule has 0 spiro atoms. The first kappa shape index (κ1) is 16.9. The highest BCUT2D eigenvalue weighted by Gasteiger charge is 2.29. The lowest BCUT2D eigenvalue weighted by Crippen LogP contribution is -2.28. The van der Waals surface area contributed by atoms with Gasteiger partial charge in [0.05, 0.1) is 11.8 Å². The summed E-state index contributed by atoms with van der Waals surface area (Å²) in [5.74, 6) is 0.0555. The van der Waals surface area contributed by atoms with Gasteiger partial charge in [-0.25, -0.2) is 8.78 Å². The van der Waals surface area contributed by atoms with Gasteiger partial charge in [-0.05, 0) is 25.8 Å². The Morgan fingerprint density at radius 1 is 1.42 bits per heavy atom. The van der Waals surface area contributed by atoms with Crippen molar-refractivity contribution in [2.75, 3.05) is 5.75 Å². The maximum atomic E-state index is 13.7. The molecule has 1 heterocycles. The fourth-order valence-corrected chi connectivity index (χ4v) is 3.22. The van der Waals surface area contributed by atoms with Crippen LogP contribution < -0.4 is 5.32 Å². The molecule has 2 aromatic rings. The molecule has 1 N–H and O–H groups in total. The van der Waals surface area contributed by atoms with Crippen LogP contribution in [0, 0.1) is 11.6 Å². The number of hydrogen-bond donors (Lipinski definition) is 1. The van der Waals surface area contributed by atoms with E-state index in [4.69, 9.17) is 0 Å². The number of halogens is 2. The van der Waals surface area contributed by atoms with Gasteiger partial charge >= 0.3 is 0 Å². The van der Waals surface area contributed by atoms with Gasteiger partial charge in [-0.1, -0.05) is 17.8 Å². The maximum absolute atomic E-state index is 13.7. The molecule has 0 radical (unpaired) electrons. The van der Waals surface area contributed by atoms with Crippen LogP contribution in [0.15, 0.2) is 23.4 Å². The third-order valence-corrected chi connectivity index (χ3v) is 4.97. The SMILES string of the molecule is C[C@@H](NC(=O)CSc1nnc(C2CC2)n1C)c1ccc(F)cc1F. The van der Waals surface area contributed by atoms with Gasteiger partial charge < -0.3 is 9.88 Å². The second-order valence-electron chi connectivity index (χ2n) is 5.92. The zero-order valence-corrected chi connectivity index (χ0v) is 14.2. The quantitative estimate of drug-likeness (QED) is 0.812. The van der Waals surface area contributed by atoms with E-state index in [9.17, 15) is 13.6 Å². The number of benzene rings is 1. The summed E-state index contributed by atoms with van der Waals surface area (Å²) in [5, 5.41) is 11.7. The lowest BCUT2D eigenvalue weighted by atomic mass is 10.1. The summed E-state index contributed by atoms with van der Waals surface area (Å²) >= 11 is 1.29. The number of rotatable bonds is 6. The van der Waals surface area contributed by atoms with Crippen LogP contribution in [0.5, 0.6) is 0 Å². The minimum absolute atomic E-state index is 0.157. The second kappa shape index (κ2) is 6.88. The number of hydrogen-bond acceptors (Lipinski definition) is 4. The van der Waals surface area contributed by atoms with Gasteiger partial charge in [0.2, 0.25) is 5.91 Å². The molecular weight excluding hydrogens is 334 g/mol. The molecule has 5 nitrogen and oxygen atoms in total. The molecule has 1 saturated carbocycles. The van der Waals surface area contributed by atoms with E-state index in [0.29, 0.717) is 11.1 Å². The molecule has 128 valence electrons. The smallest absolute Gasteiger partial charge is 0.230 e. The number of amides is 1. The largest absolute Gasteiger partial charge is 0.349 e. The minimum Gasteiger partial charge on any atom is -0.349 e. The summed E-state index contributed by atoms with van der Waals surface area (Å²) in [6.45, 7) is 1.66. The van der Waals surface area contributed by atoms with E-state index >= 15 is 0 Å². The zero-order valence-electron chi connectivity index (χ0n) is 13.4. The molecule has 0 unspecified atom stereocenters. The van der Waals surface area contributed by atoms with E-state index in [1.807, 2.05) is 11.6 Å². The van der Waals surface area contributed by atoms with Crippen molar-refractivity contribution in [3.8, 4) is 0 Å². The minimum atomic E-state index is -0.669. The molecule has 3 rings (SSSR count). The summed E-state index contributed by atoms with van der Waals surface area (Å²) < 4.78 is 28.6. The highest BCUT2D eigenvalue weighted by atomic mass is 32.2. The summed E-state index contributed by atoms with van der Waals surface area (Å²) in [6.07, 6.45) is 2.27. The van der Waals surface area contributed by atoms with E-state index in [-0.39, 0.29) is 17.2 Å². The van der Waals surface area contributed by atoms with Gasteiger partial charge in [0, 0.05) is 24.6 Å². The maximum Gasteiger partial charge on any atom is 0.230 e. The number of aromatic nitrogens is 3. The first-order valence-corrected chi connectivity index (χ1v) is 8.70. The van der Waals surface area contributed by atoms with Crippen LogP contribution >= 0.6 is 11.8 Å². The van der Waals surface area contributed by atoms with Crippen molar-refractivity contribution in [2.24, 2.45) is 7.05 Å². The van der Waals surface area contributed by atoms with Crippen LogP contribution in [0.1, 0.15) is 43.1 Å². The Balaban J connectivity index is 1.55. The van der Waals surface area contributed by atoms with Crippen molar-refractivity contribution in [1.82, 2.24) is 20.1 Å². The Hall–Kier alpha value is -1.96. The van der Waals surface area contributed by atoms with Crippen molar-refractivity contribution in [1.29, 1.82) is 0 Å². The predicted octanol–water partition coefficient (Wildman–Crippen LogP) is 2.94. The fourth-order valence-electron chi connectivity index (χ4n) is 2.49. The fraction of sp³-hybridized carbons (Fsp3) is 0.438. The Labute approximate surface area is 142 Å². The number of carbonyl (C=O) groups is 1. The Kier molecular flexibility index (Phi) is 4.84. The normalized spacial score (nSPS) is 15.3. The molecule has 1 aliphatic carbocycles. The first-order chi connectivity index (χ1) is 11.5. The second-order valence-corrected chi connectivity index (χ2v) is 6.86. The first-order valence-electron chi connectivity index (χ1n) is 7.72. The monoisotopic (exact) mass is 352 g/mol. The zero-order chi connectivity index (χ0) is 17.3. The Morgan fingerprint density at radius 2 is 2.17 bits per heavy atom. The van der Waals surface area contributed by atoms with Crippen LogP contribution in [-0.2, 0) is 11.8 Å². The van der Waals surface area contributed by atoms with E-state index in [1.165, 1.54) is 23.9 Å². The van der Waals surface area contributed by atoms with Gasteiger partial charge in [-0.2, -0.15) is 0 Å². The van der Waals surface area contributed by atoms with Crippen molar-refractivity contribution in [3.05, 3.63) is 41.2 Å². The van der Waals surface area contributed by atoms with Crippen LogP contribution in [0.2, 0.25) is 0 Å². The molecule has 1 fully saturated rings. The Morgan fingerprint density at radius 3 is 2.83 bits per heavy atom. The van der Waals surface area contributed by atoms with Crippen molar-refractivity contribution < 1.29 is 13.6 Å². The number of nitrogens with zero attached hydrogens (tertiary/aromatic N) is 3.